The Balaban J connectivity index is 2.05. The van der Waals surface area contributed by atoms with Crippen LogP contribution in [0.15, 0.2) is 60.7 Å². The fraction of sp³-hybridized carbons (Fsp3) is 0.333. The van der Waals surface area contributed by atoms with Crippen molar-refractivity contribution in [3.8, 4) is 0 Å². The summed E-state index contributed by atoms with van der Waals surface area (Å²) in [5.41, 5.74) is 0. The van der Waals surface area contributed by atoms with Crippen molar-refractivity contribution in [1.82, 2.24) is 4.90 Å². The highest BCUT2D eigenvalue weighted by molar-refractivity contribution is 7.79. The largest absolute Gasteiger partial charge is 0.379 e. The number of morpholine rings is 1. The zero-order chi connectivity index (χ0) is 15.4. The van der Waals surface area contributed by atoms with Gasteiger partial charge < -0.3 is 9.30 Å². The van der Waals surface area contributed by atoms with E-state index in [0.717, 1.165) is 23.7 Å². The van der Waals surface area contributed by atoms with Crippen molar-refractivity contribution in [3.05, 3.63) is 60.7 Å². The molecule has 4 heteroatoms. The van der Waals surface area contributed by atoms with E-state index in [1.54, 1.807) is 0 Å². The summed E-state index contributed by atoms with van der Waals surface area (Å²) in [5, 5.41) is 1.86. The van der Waals surface area contributed by atoms with Gasteiger partial charge in [0.1, 0.15) is 0 Å². The first-order chi connectivity index (χ1) is 10.7. The highest BCUT2D eigenvalue weighted by Crippen LogP contribution is 2.49. The molecule has 22 heavy (non-hydrogen) atoms. The van der Waals surface area contributed by atoms with Crippen LogP contribution < -0.4 is 10.6 Å². The standard InChI is InChI=1S/C18H22NO2P/c1-16(19-12-14-21-15-13-19)22(20,17-8-4-2-5-9-17)18-10-6-3-7-11-18/h2-11,16H,12-15H2,1H3. The Kier molecular flexibility index (Phi) is 4.77. The Morgan fingerprint density at radius 2 is 1.36 bits per heavy atom. The summed E-state index contributed by atoms with van der Waals surface area (Å²) in [7, 11) is -2.71. The lowest BCUT2D eigenvalue weighted by Gasteiger charge is -2.37. The lowest BCUT2D eigenvalue weighted by Crippen LogP contribution is -2.44. The normalized spacial score (nSPS) is 18.0. The van der Waals surface area contributed by atoms with Crippen LogP contribution >= 0.6 is 7.14 Å². The zero-order valence-corrected chi connectivity index (χ0v) is 13.8. The molecule has 0 N–H and O–H groups in total. The van der Waals surface area contributed by atoms with Crippen LogP contribution in [0.5, 0.6) is 0 Å². The van der Waals surface area contributed by atoms with Crippen LogP contribution in [0.25, 0.3) is 0 Å². The van der Waals surface area contributed by atoms with Gasteiger partial charge in [-0.3, -0.25) is 4.90 Å². The summed E-state index contributed by atoms with van der Waals surface area (Å²) in [6.07, 6.45) is 0. The van der Waals surface area contributed by atoms with Crippen LogP contribution in [0.3, 0.4) is 0 Å². The highest BCUT2D eigenvalue weighted by Gasteiger charge is 2.37. The molecule has 2 aromatic carbocycles. The number of nitrogens with zero attached hydrogens (tertiary/aromatic N) is 1. The van der Waals surface area contributed by atoms with Gasteiger partial charge in [0.2, 0.25) is 0 Å². The van der Waals surface area contributed by atoms with Gasteiger partial charge in [0, 0.05) is 23.7 Å². The van der Waals surface area contributed by atoms with Crippen LogP contribution in [0, 0.1) is 0 Å². The smallest absolute Gasteiger partial charge is 0.159 e. The molecule has 0 aliphatic carbocycles. The minimum Gasteiger partial charge on any atom is -0.379 e. The monoisotopic (exact) mass is 315 g/mol. The predicted octanol–water partition coefficient (Wildman–Crippen LogP) is 2.68. The summed E-state index contributed by atoms with van der Waals surface area (Å²) in [5.74, 6) is -0.0267. The lowest BCUT2D eigenvalue weighted by molar-refractivity contribution is 0.0337. The van der Waals surface area contributed by atoms with Crippen molar-refractivity contribution < 1.29 is 9.30 Å². The summed E-state index contributed by atoms with van der Waals surface area (Å²) < 4.78 is 19.6. The molecule has 1 saturated heterocycles. The van der Waals surface area contributed by atoms with Crippen molar-refractivity contribution in [2.75, 3.05) is 26.3 Å². The third-order valence-corrected chi connectivity index (χ3v) is 7.89. The van der Waals surface area contributed by atoms with Gasteiger partial charge in [0.25, 0.3) is 0 Å². The molecule has 0 spiro atoms. The van der Waals surface area contributed by atoms with Gasteiger partial charge in [-0.25, -0.2) is 0 Å². The average Bonchev–Trinajstić information content (AvgIpc) is 2.62. The minimum absolute atomic E-state index is 0.0267. The number of hydrogen-bond donors (Lipinski definition) is 0. The number of ether oxygens (including phenoxy) is 1. The number of hydrogen-bond acceptors (Lipinski definition) is 3. The third kappa shape index (κ3) is 2.89. The molecule has 1 aliphatic rings. The van der Waals surface area contributed by atoms with E-state index >= 15 is 0 Å². The van der Waals surface area contributed by atoms with E-state index in [-0.39, 0.29) is 5.78 Å². The first-order valence-corrected chi connectivity index (χ1v) is 9.53. The van der Waals surface area contributed by atoms with Gasteiger partial charge in [-0.15, -0.1) is 0 Å². The molecule has 0 saturated carbocycles. The minimum atomic E-state index is -2.71. The predicted molar refractivity (Wildman–Crippen MR) is 91.6 cm³/mol. The van der Waals surface area contributed by atoms with Crippen LogP contribution in [0.2, 0.25) is 0 Å². The molecule has 0 aromatic heterocycles. The second kappa shape index (κ2) is 6.78. The molecule has 2 aromatic rings. The molecule has 0 amide bonds. The van der Waals surface area contributed by atoms with E-state index < -0.39 is 7.14 Å². The number of rotatable bonds is 4. The molecule has 1 unspecified atom stereocenters. The fourth-order valence-corrected chi connectivity index (χ4v) is 6.14. The maximum Gasteiger partial charge on any atom is 0.159 e. The zero-order valence-electron chi connectivity index (χ0n) is 12.9. The molecule has 0 bridgehead atoms. The van der Waals surface area contributed by atoms with Crippen molar-refractivity contribution in [2.45, 2.75) is 12.7 Å². The van der Waals surface area contributed by atoms with Crippen molar-refractivity contribution in [1.29, 1.82) is 0 Å². The van der Waals surface area contributed by atoms with Crippen molar-refractivity contribution in [2.24, 2.45) is 0 Å². The Morgan fingerprint density at radius 1 is 0.909 bits per heavy atom. The molecule has 1 aliphatic heterocycles. The maximum atomic E-state index is 14.1. The lowest BCUT2D eigenvalue weighted by atomic mass is 10.4. The molecule has 0 radical (unpaired) electrons. The molecular weight excluding hydrogens is 293 g/mol. The second-order valence-corrected chi connectivity index (χ2v) is 8.71. The van der Waals surface area contributed by atoms with E-state index in [4.69, 9.17) is 4.74 Å². The summed E-state index contributed by atoms with van der Waals surface area (Å²) in [6.45, 7) is 5.20. The first kappa shape index (κ1) is 15.5. The number of benzene rings is 2. The first-order valence-electron chi connectivity index (χ1n) is 7.75. The topological polar surface area (TPSA) is 29.5 Å². The van der Waals surface area contributed by atoms with Crippen LogP contribution in [0.1, 0.15) is 6.92 Å². The van der Waals surface area contributed by atoms with Gasteiger partial charge in [-0.05, 0) is 6.92 Å². The van der Waals surface area contributed by atoms with E-state index in [1.807, 2.05) is 60.7 Å². The molecule has 1 atom stereocenters. The average molecular weight is 315 g/mol. The van der Waals surface area contributed by atoms with E-state index in [2.05, 4.69) is 11.8 Å². The Morgan fingerprint density at radius 3 is 1.82 bits per heavy atom. The molecule has 3 nitrogen and oxygen atoms in total. The van der Waals surface area contributed by atoms with Crippen molar-refractivity contribution >= 4 is 17.8 Å². The Hall–Kier alpha value is -1.41. The van der Waals surface area contributed by atoms with Crippen LogP contribution in [-0.4, -0.2) is 37.0 Å². The summed E-state index contributed by atoms with van der Waals surface area (Å²) >= 11 is 0. The SMILES string of the molecule is CC(N1CCOCC1)P(=O)(c1ccccc1)c1ccccc1. The van der Waals surface area contributed by atoms with Gasteiger partial charge in [-0.1, -0.05) is 60.7 Å². The van der Waals surface area contributed by atoms with Gasteiger partial charge in [0.15, 0.2) is 7.14 Å². The molecule has 1 heterocycles. The summed E-state index contributed by atoms with van der Waals surface area (Å²) in [6, 6.07) is 19.8. The van der Waals surface area contributed by atoms with Crippen LogP contribution in [0.4, 0.5) is 0 Å². The second-order valence-electron chi connectivity index (χ2n) is 5.61. The Bertz CT molecular complexity index is 595. The fourth-order valence-electron chi connectivity index (χ4n) is 3.06. The molecule has 3 rings (SSSR count). The van der Waals surface area contributed by atoms with Gasteiger partial charge in [0.05, 0.1) is 19.0 Å². The van der Waals surface area contributed by atoms with Gasteiger partial charge in [-0.2, -0.15) is 0 Å². The van der Waals surface area contributed by atoms with E-state index in [9.17, 15) is 4.57 Å². The molecule has 1 fully saturated rings. The molecular formula is C18H22NO2P. The maximum absolute atomic E-state index is 14.1. The highest BCUT2D eigenvalue weighted by atomic mass is 31.2. The molecule has 116 valence electrons. The quantitative estimate of drug-likeness (QED) is 0.813. The summed E-state index contributed by atoms with van der Waals surface area (Å²) in [4.78, 5) is 2.30. The van der Waals surface area contributed by atoms with Crippen molar-refractivity contribution in [3.63, 3.8) is 0 Å². The van der Waals surface area contributed by atoms with E-state index in [1.165, 1.54) is 0 Å². The van der Waals surface area contributed by atoms with Gasteiger partial charge >= 0.3 is 0 Å². The van der Waals surface area contributed by atoms with E-state index in [0.29, 0.717) is 13.2 Å². The third-order valence-electron chi connectivity index (χ3n) is 4.38. The van der Waals surface area contributed by atoms with Crippen LogP contribution in [-0.2, 0) is 9.30 Å². The Labute approximate surface area is 132 Å².